The molecule has 2 saturated heterocycles. The van der Waals surface area contributed by atoms with E-state index in [1.54, 1.807) is 0 Å². The molecule has 0 radical (unpaired) electrons. The normalized spacial score (nSPS) is 31.6. The van der Waals surface area contributed by atoms with Gasteiger partial charge in [0.2, 0.25) is 0 Å². The Hall–Kier alpha value is -0.0301. The largest absolute Gasteiger partial charge is 0.449 e. The minimum absolute atomic E-state index is 0.191. The third-order valence-electron chi connectivity index (χ3n) is 5.08. The zero-order chi connectivity index (χ0) is 14.7. The molecule has 6 heteroatoms. The number of hydrogen-bond acceptors (Lipinski definition) is 4. The van der Waals surface area contributed by atoms with Gasteiger partial charge in [-0.1, -0.05) is 0 Å². The SMILES string of the molecule is CC1(C)OCB(B2OC(C)(C)C(C)(C)O2)OC1(C)C. The second-order valence-corrected chi connectivity index (χ2v) is 7.61. The Morgan fingerprint density at radius 2 is 1.05 bits per heavy atom. The van der Waals surface area contributed by atoms with Crippen LogP contribution in [0.1, 0.15) is 55.4 Å². The molecule has 0 aromatic heterocycles. The van der Waals surface area contributed by atoms with Crippen molar-refractivity contribution in [3.05, 3.63) is 0 Å². The average Bonchev–Trinajstić information content (AvgIpc) is 2.41. The predicted molar refractivity (Wildman–Crippen MR) is 77.0 cm³/mol. The first kappa shape index (κ1) is 15.4. The van der Waals surface area contributed by atoms with E-state index in [-0.39, 0.29) is 36.2 Å². The lowest BCUT2D eigenvalue weighted by atomic mass is 9.36. The predicted octanol–water partition coefficient (Wildman–Crippen LogP) is 2.29. The average molecular weight is 268 g/mol. The minimum atomic E-state index is -0.375. The molecular formula is C13H26B2O4. The Labute approximate surface area is 117 Å². The van der Waals surface area contributed by atoms with Crippen LogP contribution in [0.5, 0.6) is 0 Å². The van der Waals surface area contributed by atoms with Gasteiger partial charge >= 0.3 is 13.8 Å². The zero-order valence-electron chi connectivity index (χ0n) is 13.5. The molecule has 2 aliphatic heterocycles. The van der Waals surface area contributed by atoms with Gasteiger partial charge in [0.05, 0.1) is 28.9 Å². The van der Waals surface area contributed by atoms with E-state index in [1.807, 2.05) is 55.4 Å². The number of hydrogen-bond donors (Lipinski definition) is 0. The van der Waals surface area contributed by atoms with Crippen LogP contribution in [-0.4, -0.2) is 42.7 Å². The summed E-state index contributed by atoms with van der Waals surface area (Å²) in [5.41, 5.74) is -1.36. The summed E-state index contributed by atoms with van der Waals surface area (Å²) in [5, 5.41) is 0. The van der Waals surface area contributed by atoms with Crippen LogP contribution in [0.4, 0.5) is 0 Å². The maximum atomic E-state index is 6.18. The van der Waals surface area contributed by atoms with E-state index < -0.39 is 0 Å². The molecule has 0 aliphatic carbocycles. The molecule has 2 heterocycles. The monoisotopic (exact) mass is 268 g/mol. The highest BCUT2D eigenvalue weighted by atomic mass is 16.7. The molecule has 0 saturated carbocycles. The van der Waals surface area contributed by atoms with E-state index in [9.17, 15) is 0 Å². The van der Waals surface area contributed by atoms with Crippen molar-refractivity contribution < 1.29 is 18.7 Å². The molecule has 0 amide bonds. The van der Waals surface area contributed by atoms with Crippen molar-refractivity contribution >= 4 is 13.8 Å². The smallest absolute Gasteiger partial charge is 0.427 e. The van der Waals surface area contributed by atoms with Crippen molar-refractivity contribution in [2.75, 3.05) is 6.51 Å². The maximum Gasteiger partial charge on any atom is 0.449 e. The molecule has 19 heavy (non-hydrogen) atoms. The van der Waals surface area contributed by atoms with Gasteiger partial charge in [-0.3, -0.25) is 0 Å². The van der Waals surface area contributed by atoms with Crippen LogP contribution < -0.4 is 0 Å². The van der Waals surface area contributed by atoms with E-state index >= 15 is 0 Å². The fraction of sp³-hybridized carbons (Fsp3) is 1.00. The molecule has 2 fully saturated rings. The lowest BCUT2D eigenvalue weighted by Gasteiger charge is -2.48. The highest BCUT2D eigenvalue weighted by Gasteiger charge is 2.59. The highest BCUT2D eigenvalue weighted by Crippen LogP contribution is 2.40. The second-order valence-electron chi connectivity index (χ2n) is 7.61. The number of rotatable bonds is 1. The Bertz CT molecular complexity index is 350. The lowest BCUT2D eigenvalue weighted by Crippen LogP contribution is -2.63. The molecule has 0 unspecified atom stereocenters. The first-order chi connectivity index (χ1) is 8.38. The van der Waals surface area contributed by atoms with E-state index in [1.165, 1.54) is 0 Å². The van der Waals surface area contributed by atoms with Crippen LogP contribution in [-0.2, 0) is 18.7 Å². The zero-order valence-corrected chi connectivity index (χ0v) is 13.5. The van der Waals surface area contributed by atoms with Gasteiger partial charge in [-0.05, 0) is 55.4 Å². The summed E-state index contributed by atoms with van der Waals surface area (Å²) < 4.78 is 24.2. The van der Waals surface area contributed by atoms with Crippen molar-refractivity contribution in [1.29, 1.82) is 0 Å². The van der Waals surface area contributed by atoms with Gasteiger partial charge in [-0.25, -0.2) is 0 Å². The minimum Gasteiger partial charge on any atom is -0.427 e. The van der Waals surface area contributed by atoms with Crippen LogP contribution in [0.2, 0.25) is 0 Å². The second kappa shape index (κ2) is 4.23. The summed E-state index contributed by atoms with van der Waals surface area (Å²) in [6.07, 6.45) is 0. The van der Waals surface area contributed by atoms with E-state index in [4.69, 9.17) is 18.7 Å². The number of ether oxygens (including phenoxy) is 1. The summed E-state index contributed by atoms with van der Waals surface area (Å²) in [6, 6.07) is 0. The van der Waals surface area contributed by atoms with Gasteiger partial charge in [-0.15, -0.1) is 0 Å². The molecule has 0 aromatic rings. The molecule has 0 aromatic carbocycles. The molecule has 0 bridgehead atoms. The van der Waals surface area contributed by atoms with Gasteiger partial charge in [-0.2, -0.15) is 0 Å². The molecule has 4 nitrogen and oxygen atoms in total. The fourth-order valence-corrected chi connectivity index (χ4v) is 2.19. The molecule has 2 aliphatic rings. The molecule has 0 spiro atoms. The van der Waals surface area contributed by atoms with Gasteiger partial charge in [0.25, 0.3) is 0 Å². The summed E-state index contributed by atoms with van der Waals surface area (Å²) >= 11 is 0. The topological polar surface area (TPSA) is 36.9 Å². The summed E-state index contributed by atoms with van der Waals surface area (Å²) in [4.78, 5) is 0. The van der Waals surface area contributed by atoms with E-state index in [0.29, 0.717) is 6.51 Å². The van der Waals surface area contributed by atoms with Crippen molar-refractivity contribution in [3.63, 3.8) is 0 Å². The molecule has 0 N–H and O–H groups in total. The van der Waals surface area contributed by atoms with Crippen LogP contribution in [0.3, 0.4) is 0 Å². The third kappa shape index (κ3) is 2.48. The van der Waals surface area contributed by atoms with Crippen LogP contribution in [0, 0.1) is 0 Å². The molecular weight excluding hydrogens is 242 g/mol. The first-order valence-corrected chi connectivity index (χ1v) is 7.05. The molecule has 2 rings (SSSR count). The van der Waals surface area contributed by atoms with Gasteiger partial charge < -0.3 is 18.7 Å². The van der Waals surface area contributed by atoms with Crippen molar-refractivity contribution in [3.8, 4) is 0 Å². The quantitative estimate of drug-likeness (QED) is 0.684. The third-order valence-corrected chi connectivity index (χ3v) is 5.08. The van der Waals surface area contributed by atoms with Gasteiger partial charge in [0.15, 0.2) is 0 Å². The van der Waals surface area contributed by atoms with Crippen LogP contribution in [0.15, 0.2) is 0 Å². The maximum absolute atomic E-state index is 6.18. The summed E-state index contributed by atoms with van der Waals surface area (Å²) in [5.74, 6) is 0. The van der Waals surface area contributed by atoms with E-state index in [2.05, 4.69) is 0 Å². The molecule has 108 valence electrons. The van der Waals surface area contributed by atoms with Gasteiger partial charge in [0.1, 0.15) is 0 Å². The standard InChI is InChI=1S/C13H26B2O4/c1-10(2)11(3,4)17-14(9-16-10)15-18-12(5,6)13(7,8)19-15/h9H2,1-8H3. The molecule has 0 atom stereocenters. The Kier molecular flexibility index (Phi) is 3.42. The van der Waals surface area contributed by atoms with Crippen LogP contribution in [0.25, 0.3) is 0 Å². The van der Waals surface area contributed by atoms with Crippen LogP contribution >= 0.6 is 0 Å². The summed E-state index contributed by atoms with van der Waals surface area (Å²) in [7, 11) is -0.375. The Morgan fingerprint density at radius 3 is 1.47 bits per heavy atom. The van der Waals surface area contributed by atoms with Crippen molar-refractivity contribution in [1.82, 2.24) is 0 Å². The van der Waals surface area contributed by atoms with Crippen molar-refractivity contribution in [2.24, 2.45) is 0 Å². The van der Waals surface area contributed by atoms with Gasteiger partial charge in [0, 0.05) is 0 Å². The van der Waals surface area contributed by atoms with E-state index in [0.717, 1.165) is 0 Å². The van der Waals surface area contributed by atoms with Crippen molar-refractivity contribution in [2.45, 2.75) is 77.8 Å². The Balaban J connectivity index is 2.11. The lowest BCUT2D eigenvalue weighted by molar-refractivity contribution is -0.152. The Morgan fingerprint density at radius 1 is 0.632 bits per heavy atom. The highest BCUT2D eigenvalue weighted by molar-refractivity contribution is 7.14. The first-order valence-electron chi connectivity index (χ1n) is 7.05. The summed E-state index contributed by atoms with van der Waals surface area (Å²) in [6.45, 7) is 16.7. The fourth-order valence-electron chi connectivity index (χ4n) is 2.19.